The molecule has 1 N–H and O–H groups in total. The highest BCUT2D eigenvalue weighted by molar-refractivity contribution is 7.84. The smallest absolute Gasteiger partial charge is 0.197 e. The summed E-state index contributed by atoms with van der Waals surface area (Å²) in [6.45, 7) is 0.716. The van der Waals surface area contributed by atoms with Gasteiger partial charge in [0.1, 0.15) is 0 Å². The third-order valence-electron chi connectivity index (χ3n) is 3.39. The van der Waals surface area contributed by atoms with Crippen molar-refractivity contribution in [1.29, 1.82) is 0 Å². The lowest BCUT2D eigenvalue weighted by Gasteiger charge is -2.18. The molecule has 5 heteroatoms. The molecule has 4 nitrogen and oxygen atoms in total. The monoisotopic (exact) mass is 299 g/mol. The molecular weight excluding hydrogens is 282 g/mol. The van der Waals surface area contributed by atoms with Crippen molar-refractivity contribution in [2.45, 2.75) is 5.16 Å². The summed E-state index contributed by atoms with van der Waals surface area (Å²) in [6, 6.07) is 17.8. The van der Waals surface area contributed by atoms with Gasteiger partial charge in [-0.25, -0.2) is 4.98 Å². The molecule has 0 fully saturated rings. The average molecular weight is 299 g/mol. The maximum Gasteiger partial charge on any atom is 0.197 e. The van der Waals surface area contributed by atoms with E-state index in [9.17, 15) is 4.21 Å². The van der Waals surface area contributed by atoms with Crippen LogP contribution in [0.5, 0.6) is 0 Å². The van der Waals surface area contributed by atoms with Crippen LogP contribution in [0.25, 0.3) is 11.0 Å². The fourth-order valence-electron chi connectivity index (χ4n) is 2.17. The van der Waals surface area contributed by atoms with Crippen molar-refractivity contribution in [3.8, 4) is 0 Å². The second kappa shape index (κ2) is 6.10. The van der Waals surface area contributed by atoms with Crippen LogP contribution < -0.4 is 4.90 Å². The molecule has 0 bridgehead atoms. The van der Waals surface area contributed by atoms with Crippen molar-refractivity contribution >= 4 is 27.5 Å². The van der Waals surface area contributed by atoms with Gasteiger partial charge in [0.15, 0.2) is 5.16 Å². The molecular formula is C16H17N3OS. The first-order chi connectivity index (χ1) is 10.2. The topological polar surface area (TPSA) is 49.0 Å². The summed E-state index contributed by atoms with van der Waals surface area (Å²) in [5.74, 6) is 0.547. The van der Waals surface area contributed by atoms with E-state index in [1.807, 2.05) is 61.6 Å². The second-order valence-electron chi connectivity index (χ2n) is 4.87. The average Bonchev–Trinajstić information content (AvgIpc) is 2.97. The van der Waals surface area contributed by atoms with Gasteiger partial charge in [-0.2, -0.15) is 0 Å². The molecule has 0 radical (unpaired) electrons. The standard InChI is InChI=1S/C16H17N3OS/c1-19(13-7-3-2-4-8-13)11-12-21(20)16-17-14-9-5-6-10-15(14)18-16/h2-10H,11-12H2,1H3,(H,17,18). The Kier molecular flexibility index (Phi) is 4.01. The number of hydrogen-bond acceptors (Lipinski definition) is 3. The van der Waals surface area contributed by atoms with Crippen LogP contribution in [0, 0.1) is 0 Å². The third-order valence-corrected chi connectivity index (χ3v) is 4.57. The molecule has 2 aromatic carbocycles. The Morgan fingerprint density at radius 1 is 1.10 bits per heavy atom. The zero-order valence-corrected chi connectivity index (χ0v) is 12.6. The Balaban J connectivity index is 1.66. The quantitative estimate of drug-likeness (QED) is 0.788. The van der Waals surface area contributed by atoms with E-state index in [2.05, 4.69) is 14.9 Å². The molecule has 0 amide bonds. The number of aromatic nitrogens is 2. The van der Waals surface area contributed by atoms with Gasteiger partial charge in [-0.1, -0.05) is 30.3 Å². The summed E-state index contributed by atoms with van der Waals surface area (Å²) >= 11 is 0. The van der Waals surface area contributed by atoms with Crippen LogP contribution in [-0.2, 0) is 10.8 Å². The molecule has 0 aliphatic heterocycles. The summed E-state index contributed by atoms with van der Waals surface area (Å²) in [6.07, 6.45) is 0. The zero-order chi connectivity index (χ0) is 14.7. The molecule has 3 aromatic rings. The Morgan fingerprint density at radius 2 is 1.81 bits per heavy atom. The van der Waals surface area contributed by atoms with Gasteiger partial charge in [-0.3, -0.25) is 4.21 Å². The number of rotatable bonds is 5. The fourth-order valence-corrected chi connectivity index (χ4v) is 3.22. The van der Waals surface area contributed by atoms with Crippen molar-refractivity contribution in [2.24, 2.45) is 0 Å². The van der Waals surface area contributed by atoms with E-state index in [1.54, 1.807) is 0 Å². The fraction of sp³-hybridized carbons (Fsp3) is 0.188. The Morgan fingerprint density at radius 3 is 2.57 bits per heavy atom. The lowest BCUT2D eigenvalue weighted by molar-refractivity contribution is 0.677. The van der Waals surface area contributed by atoms with E-state index in [0.29, 0.717) is 17.5 Å². The van der Waals surface area contributed by atoms with Crippen LogP contribution in [0.3, 0.4) is 0 Å². The van der Waals surface area contributed by atoms with Crippen LogP contribution in [-0.4, -0.2) is 33.5 Å². The summed E-state index contributed by atoms with van der Waals surface area (Å²) in [4.78, 5) is 9.62. The van der Waals surface area contributed by atoms with Gasteiger partial charge in [-0.15, -0.1) is 0 Å². The molecule has 0 saturated heterocycles. The number of nitrogens with zero attached hydrogens (tertiary/aromatic N) is 2. The number of nitrogens with one attached hydrogen (secondary N) is 1. The lowest BCUT2D eigenvalue weighted by Crippen LogP contribution is -2.23. The highest BCUT2D eigenvalue weighted by Crippen LogP contribution is 2.14. The number of H-pyrrole nitrogens is 1. The maximum atomic E-state index is 12.3. The first kappa shape index (κ1) is 13.8. The largest absolute Gasteiger partial charge is 0.374 e. The molecule has 1 heterocycles. The van der Waals surface area contributed by atoms with Crippen LogP contribution in [0.15, 0.2) is 59.8 Å². The first-order valence-electron chi connectivity index (χ1n) is 6.83. The van der Waals surface area contributed by atoms with Gasteiger partial charge < -0.3 is 9.88 Å². The first-order valence-corrected chi connectivity index (χ1v) is 8.15. The van der Waals surface area contributed by atoms with Gasteiger partial charge in [0.2, 0.25) is 0 Å². The van der Waals surface area contributed by atoms with E-state index in [1.165, 1.54) is 0 Å². The number of imidazole rings is 1. The molecule has 0 saturated carbocycles. The van der Waals surface area contributed by atoms with Crippen molar-refractivity contribution in [1.82, 2.24) is 9.97 Å². The predicted molar refractivity (Wildman–Crippen MR) is 87.1 cm³/mol. The molecule has 1 unspecified atom stereocenters. The number of aromatic amines is 1. The van der Waals surface area contributed by atoms with E-state index >= 15 is 0 Å². The number of fused-ring (bicyclic) bond motifs is 1. The highest BCUT2D eigenvalue weighted by Gasteiger charge is 2.11. The number of anilines is 1. The van der Waals surface area contributed by atoms with Gasteiger partial charge in [0.25, 0.3) is 0 Å². The van der Waals surface area contributed by atoms with Crippen LogP contribution >= 0.6 is 0 Å². The minimum atomic E-state index is -1.12. The molecule has 1 aromatic heterocycles. The van der Waals surface area contributed by atoms with Crippen molar-refractivity contribution in [3.05, 3.63) is 54.6 Å². The molecule has 21 heavy (non-hydrogen) atoms. The number of benzene rings is 2. The molecule has 0 spiro atoms. The summed E-state index contributed by atoms with van der Waals surface area (Å²) in [7, 11) is 0.886. The molecule has 0 aliphatic rings. The van der Waals surface area contributed by atoms with Gasteiger partial charge in [0, 0.05) is 25.0 Å². The summed E-state index contributed by atoms with van der Waals surface area (Å²) < 4.78 is 12.3. The molecule has 3 rings (SSSR count). The SMILES string of the molecule is CN(CCS(=O)c1nc2ccccc2[nH]1)c1ccccc1. The van der Waals surface area contributed by atoms with Gasteiger partial charge in [-0.05, 0) is 24.3 Å². The highest BCUT2D eigenvalue weighted by atomic mass is 32.2. The normalized spacial score (nSPS) is 12.4. The van der Waals surface area contributed by atoms with Crippen LogP contribution in [0.1, 0.15) is 0 Å². The third kappa shape index (κ3) is 3.13. The second-order valence-corrected chi connectivity index (χ2v) is 6.35. The predicted octanol–water partition coefficient (Wildman–Crippen LogP) is 2.81. The summed E-state index contributed by atoms with van der Waals surface area (Å²) in [5, 5.41) is 0.553. The van der Waals surface area contributed by atoms with E-state index in [-0.39, 0.29) is 0 Å². The van der Waals surface area contributed by atoms with Crippen LogP contribution in [0.4, 0.5) is 5.69 Å². The van der Waals surface area contributed by atoms with Crippen molar-refractivity contribution in [2.75, 3.05) is 24.2 Å². The summed E-state index contributed by atoms with van der Waals surface area (Å²) in [5.41, 5.74) is 2.91. The lowest BCUT2D eigenvalue weighted by atomic mass is 10.3. The molecule has 108 valence electrons. The van der Waals surface area contributed by atoms with E-state index in [0.717, 1.165) is 16.7 Å². The maximum absolute atomic E-state index is 12.3. The van der Waals surface area contributed by atoms with E-state index in [4.69, 9.17) is 0 Å². The minimum Gasteiger partial charge on any atom is -0.374 e. The minimum absolute atomic E-state index is 0.547. The number of hydrogen-bond donors (Lipinski definition) is 1. The van der Waals surface area contributed by atoms with Gasteiger partial charge >= 0.3 is 0 Å². The molecule has 0 aliphatic carbocycles. The molecule has 1 atom stereocenters. The van der Waals surface area contributed by atoms with Gasteiger partial charge in [0.05, 0.1) is 21.8 Å². The van der Waals surface area contributed by atoms with Crippen molar-refractivity contribution < 1.29 is 4.21 Å². The zero-order valence-electron chi connectivity index (χ0n) is 11.8. The Labute approximate surface area is 126 Å². The Hall–Kier alpha value is -2.14. The number of para-hydroxylation sites is 3. The van der Waals surface area contributed by atoms with Crippen molar-refractivity contribution in [3.63, 3.8) is 0 Å². The van der Waals surface area contributed by atoms with Crippen LogP contribution in [0.2, 0.25) is 0 Å². The van der Waals surface area contributed by atoms with E-state index < -0.39 is 10.8 Å². The Bertz CT molecular complexity index is 721.